The van der Waals surface area contributed by atoms with Crippen LogP contribution in [0, 0.1) is 0 Å². The molecular weight excluding hydrogens is 332 g/mol. The summed E-state index contributed by atoms with van der Waals surface area (Å²) in [6.07, 6.45) is 3.12. The van der Waals surface area contributed by atoms with Crippen LogP contribution in [-0.4, -0.2) is 21.0 Å². The molecule has 0 radical (unpaired) electrons. The minimum atomic E-state index is -0.960. The lowest BCUT2D eigenvalue weighted by Gasteiger charge is -2.12. The van der Waals surface area contributed by atoms with Crippen LogP contribution in [-0.2, 0) is 11.2 Å². The summed E-state index contributed by atoms with van der Waals surface area (Å²) in [6.45, 7) is 0. The highest BCUT2D eigenvalue weighted by Gasteiger charge is 2.24. The molecule has 2 rings (SSSR count). The van der Waals surface area contributed by atoms with Crippen LogP contribution in [0.1, 0.15) is 17.3 Å². The van der Waals surface area contributed by atoms with Crippen LogP contribution in [0.5, 0.6) is 0 Å². The highest BCUT2D eigenvalue weighted by atomic mass is 79.9. The van der Waals surface area contributed by atoms with E-state index in [9.17, 15) is 9.90 Å². The van der Waals surface area contributed by atoms with Gasteiger partial charge in [-0.05, 0) is 18.1 Å². The molecule has 0 saturated heterocycles. The lowest BCUT2D eigenvalue weighted by Crippen LogP contribution is -2.17. The monoisotopic (exact) mass is 340 g/mol. The predicted octanol–water partition coefficient (Wildman–Crippen LogP) is 3.30. The first-order valence-corrected chi connectivity index (χ1v) is 6.68. The summed E-state index contributed by atoms with van der Waals surface area (Å²) in [4.78, 5) is 19.3. The lowest BCUT2D eigenvalue weighted by atomic mass is 9.98. The maximum Gasteiger partial charge on any atom is 0.314 e. The average molecular weight is 342 g/mol. The Morgan fingerprint density at radius 3 is 2.53 bits per heavy atom. The van der Waals surface area contributed by atoms with E-state index in [-0.39, 0.29) is 5.82 Å². The summed E-state index contributed by atoms with van der Waals surface area (Å²) in [6, 6.07) is 7.48. The highest BCUT2D eigenvalue weighted by Crippen LogP contribution is 2.24. The molecule has 0 bridgehead atoms. The number of carboxylic acids is 1. The SMILES string of the molecule is O=C(O)C(Cc1ccccc1Br)c1ncc(Cl)cn1. The molecule has 1 heterocycles. The van der Waals surface area contributed by atoms with Crippen molar-refractivity contribution in [3.63, 3.8) is 0 Å². The van der Waals surface area contributed by atoms with E-state index >= 15 is 0 Å². The number of carbonyl (C=O) groups is 1. The van der Waals surface area contributed by atoms with E-state index < -0.39 is 11.9 Å². The number of hydrogen-bond donors (Lipinski definition) is 1. The maximum atomic E-state index is 11.4. The van der Waals surface area contributed by atoms with Crippen molar-refractivity contribution in [2.45, 2.75) is 12.3 Å². The molecule has 0 aliphatic rings. The van der Waals surface area contributed by atoms with E-state index in [1.807, 2.05) is 24.3 Å². The zero-order valence-electron chi connectivity index (χ0n) is 9.75. The van der Waals surface area contributed by atoms with Gasteiger partial charge in [0.15, 0.2) is 0 Å². The standard InChI is InChI=1S/C13H10BrClN2O2/c14-11-4-2-1-3-8(11)5-10(13(18)19)12-16-6-9(15)7-17-12/h1-4,6-7,10H,5H2,(H,18,19). The van der Waals surface area contributed by atoms with Crippen molar-refractivity contribution < 1.29 is 9.90 Å². The number of aromatic nitrogens is 2. The number of carboxylic acid groups (broad SMARTS) is 1. The Hall–Kier alpha value is -1.46. The summed E-state index contributed by atoms with van der Waals surface area (Å²) < 4.78 is 0.871. The summed E-state index contributed by atoms with van der Waals surface area (Å²) in [5.41, 5.74) is 0.897. The van der Waals surface area contributed by atoms with Gasteiger partial charge in [-0.15, -0.1) is 0 Å². The molecule has 2 aromatic rings. The molecule has 1 unspecified atom stereocenters. The van der Waals surface area contributed by atoms with Crippen molar-refractivity contribution in [2.75, 3.05) is 0 Å². The van der Waals surface area contributed by atoms with Gasteiger partial charge in [-0.25, -0.2) is 9.97 Å². The van der Waals surface area contributed by atoms with E-state index in [1.165, 1.54) is 12.4 Å². The van der Waals surface area contributed by atoms with Crippen molar-refractivity contribution in [1.29, 1.82) is 0 Å². The summed E-state index contributed by atoms with van der Waals surface area (Å²) in [5, 5.41) is 9.70. The second kappa shape index (κ2) is 6.12. The number of aliphatic carboxylic acids is 1. The number of benzene rings is 1. The minimum Gasteiger partial charge on any atom is -0.481 e. The highest BCUT2D eigenvalue weighted by molar-refractivity contribution is 9.10. The van der Waals surface area contributed by atoms with Gasteiger partial charge in [0.2, 0.25) is 0 Å². The lowest BCUT2D eigenvalue weighted by molar-refractivity contribution is -0.139. The van der Waals surface area contributed by atoms with E-state index in [0.717, 1.165) is 10.0 Å². The number of nitrogens with zero attached hydrogens (tertiary/aromatic N) is 2. The zero-order chi connectivity index (χ0) is 13.8. The molecule has 0 fully saturated rings. The first kappa shape index (κ1) is 14.0. The number of halogens is 2. The van der Waals surface area contributed by atoms with Crippen molar-refractivity contribution in [3.8, 4) is 0 Å². The minimum absolute atomic E-state index is 0.257. The quantitative estimate of drug-likeness (QED) is 0.927. The van der Waals surface area contributed by atoms with Crippen molar-refractivity contribution >= 4 is 33.5 Å². The van der Waals surface area contributed by atoms with Crippen LogP contribution in [0.4, 0.5) is 0 Å². The molecule has 0 spiro atoms. The topological polar surface area (TPSA) is 63.1 Å². The van der Waals surface area contributed by atoms with E-state index in [4.69, 9.17) is 11.6 Å². The summed E-state index contributed by atoms with van der Waals surface area (Å²) in [7, 11) is 0. The number of hydrogen-bond acceptors (Lipinski definition) is 3. The van der Waals surface area contributed by atoms with E-state index in [2.05, 4.69) is 25.9 Å². The Balaban J connectivity index is 2.29. The van der Waals surface area contributed by atoms with Crippen LogP contribution in [0.2, 0.25) is 5.02 Å². The molecule has 4 nitrogen and oxygen atoms in total. The van der Waals surface area contributed by atoms with Crippen LogP contribution in [0.15, 0.2) is 41.1 Å². The first-order valence-electron chi connectivity index (χ1n) is 5.51. The van der Waals surface area contributed by atoms with Crippen LogP contribution < -0.4 is 0 Å². The Bertz CT molecular complexity index is 589. The Morgan fingerprint density at radius 1 is 1.32 bits per heavy atom. The molecule has 0 amide bonds. The van der Waals surface area contributed by atoms with E-state index in [1.54, 1.807) is 0 Å². The Kier molecular flexibility index (Phi) is 4.50. The fourth-order valence-electron chi connectivity index (χ4n) is 1.68. The smallest absolute Gasteiger partial charge is 0.314 e. The fraction of sp³-hybridized carbons (Fsp3) is 0.154. The molecule has 98 valence electrons. The fourth-order valence-corrected chi connectivity index (χ4v) is 2.22. The largest absolute Gasteiger partial charge is 0.481 e. The van der Waals surface area contributed by atoms with Gasteiger partial charge in [0, 0.05) is 16.9 Å². The molecule has 0 aliphatic carbocycles. The normalized spacial score (nSPS) is 12.1. The molecular formula is C13H10BrClN2O2. The molecule has 1 atom stereocenters. The molecule has 1 N–H and O–H groups in total. The summed E-state index contributed by atoms with van der Waals surface area (Å²) in [5.74, 6) is -1.50. The van der Waals surface area contributed by atoms with Crippen molar-refractivity contribution in [2.24, 2.45) is 0 Å². The summed E-state index contributed by atoms with van der Waals surface area (Å²) >= 11 is 9.10. The Morgan fingerprint density at radius 2 is 1.95 bits per heavy atom. The molecule has 1 aromatic heterocycles. The predicted molar refractivity (Wildman–Crippen MR) is 75.3 cm³/mol. The van der Waals surface area contributed by atoms with E-state index in [0.29, 0.717) is 11.4 Å². The zero-order valence-corrected chi connectivity index (χ0v) is 12.1. The molecule has 0 saturated carbocycles. The van der Waals surface area contributed by atoms with Crippen molar-refractivity contribution in [1.82, 2.24) is 9.97 Å². The van der Waals surface area contributed by atoms with Gasteiger partial charge >= 0.3 is 5.97 Å². The van der Waals surface area contributed by atoms with Gasteiger partial charge in [0.05, 0.1) is 5.02 Å². The van der Waals surface area contributed by atoms with Gasteiger partial charge in [0.1, 0.15) is 11.7 Å². The number of rotatable bonds is 4. The maximum absolute atomic E-state index is 11.4. The van der Waals surface area contributed by atoms with Crippen LogP contribution in [0.25, 0.3) is 0 Å². The molecule has 6 heteroatoms. The second-order valence-corrected chi connectivity index (χ2v) is 5.24. The van der Waals surface area contributed by atoms with Crippen LogP contribution in [0.3, 0.4) is 0 Å². The second-order valence-electron chi connectivity index (χ2n) is 3.95. The van der Waals surface area contributed by atoms with Gasteiger partial charge in [0.25, 0.3) is 0 Å². The first-order chi connectivity index (χ1) is 9.08. The van der Waals surface area contributed by atoms with Crippen molar-refractivity contribution in [3.05, 3.63) is 57.5 Å². The van der Waals surface area contributed by atoms with Gasteiger partial charge in [-0.1, -0.05) is 45.7 Å². The third kappa shape index (κ3) is 3.52. The molecule has 19 heavy (non-hydrogen) atoms. The Labute approximate surface area is 123 Å². The van der Waals surface area contributed by atoms with Gasteiger partial charge in [-0.2, -0.15) is 0 Å². The average Bonchev–Trinajstić information content (AvgIpc) is 2.39. The third-order valence-corrected chi connectivity index (χ3v) is 3.60. The molecule has 1 aromatic carbocycles. The van der Waals surface area contributed by atoms with Crippen LogP contribution >= 0.6 is 27.5 Å². The van der Waals surface area contributed by atoms with Gasteiger partial charge < -0.3 is 5.11 Å². The third-order valence-electron chi connectivity index (χ3n) is 2.63. The molecule has 0 aliphatic heterocycles. The van der Waals surface area contributed by atoms with Gasteiger partial charge in [-0.3, -0.25) is 4.79 Å².